The Kier molecular flexibility index (Phi) is 6.32. The van der Waals surface area contributed by atoms with Crippen LogP contribution in [0.1, 0.15) is 31.4 Å². The van der Waals surface area contributed by atoms with E-state index in [4.69, 9.17) is 0 Å². The molecule has 1 nitrogen and oxygen atoms in total. The first-order valence-electron chi connectivity index (χ1n) is 5.48. The van der Waals surface area contributed by atoms with Gasteiger partial charge in [-0.2, -0.15) is 0 Å². The van der Waals surface area contributed by atoms with Gasteiger partial charge in [-0.15, -0.1) is 6.58 Å². The molecule has 88 valence electrons. The van der Waals surface area contributed by atoms with Crippen molar-refractivity contribution in [2.75, 3.05) is 6.54 Å². The third-order valence-corrected chi connectivity index (χ3v) is 3.59. The molecule has 1 aromatic carbocycles. The van der Waals surface area contributed by atoms with Crippen LogP contribution < -0.4 is 5.32 Å². The third-order valence-electron chi connectivity index (χ3n) is 2.38. The number of nitrogens with one attached hydrogen (secondary N) is 1. The fourth-order valence-electron chi connectivity index (χ4n) is 1.59. The highest BCUT2D eigenvalue weighted by Gasteiger charge is 2.12. The molecular formula is C13H17Br2N. The number of benzene rings is 1. The van der Waals surface area contributed by atoms with Gasteiger partial charge in [-0.25, -0.2) is 0 Å². The van der Waals surface area contributed by atoms with Crippen LogP contribution in [0, 0.1) is 0 Å². The Balaban J connectivity index is 2.90. The fourth-order valence-corrected chi connectivity index (χ4v) is 2.49. The lowest BCUT2D eigenvalue weighted by atomic mass is 10.0. The Labute approximate surface area is 115 Å². The minimum absolute atomic E-state index is 0.337. The van der Waals surface area contributed by atoms with Crippen molar-refractivity contribution in [2.45, 2.75) is 25.8 Å². The van der Waals surface area contributed by atoms with E-state index in [0.717, 1.165) is 28.3 Å². The highest BCUT2D eigenvalue weighted by molar-refractivity contribution is 9.11. The predicted octanol–water partition coefficient (Wildman–Crippen LogP) is 4.83. The Morgan fingerprint density at radius 2 is 2.19 bits per heavy atom. The van der Waals surface area contributed by atoms with Crippen molar-refractivity contribution in [1.29, 1.82) is 0 Å². The molecule has 16 heavy (non-hydrogen) atoms. The topological polar surface area (TPSA) is 12.0 Å². The van der Waals surface area contributed by atoms with E-state index in [2.05, 4.69) is 62.8 Å². The van der Waals surface area contributed by atoms with Crippen molar-refractivity contribution < 1.29 is 0 Å². The molecule has 0 heterocycles. The quantitative estimate of drug-likeness (QED) is 0.727. The van der Waals surface area contributed by atoms with E-state index in [1.807, 2.05) is 12.1 Å². The van der Waals surface area contributed by atoms with Crippen LogP contribution in [-0.2, 0) is 0 Å². The van der Waals surface area contributed by atoms with E-state index >= 15 is 0 Å². The monoisotopic (exact) mass is 345 g/mol. The normalized spacial score (nSPS) is 12.4. The van der Waals surface area contributed by atoms with E-state index in [-0.39, 0.29) is 0 Å². The van der Waals surface area contributed by atoms with Crippen LogP contribution in [0.15, 0.2) is 39.8 Å². The molecule has 0 bridgehead atoms. The summed E-state index contributed by atoms with van der Waals surface area (Å²) in [7, 11) is 0. The molecule has 1 rings (SSSR count). The van der Waals surface area contributed by atoms with E-state index < -0.39 is 0 Å². The molecule has 0 aliphatic rings. The molecule has 0 amide bonds. The molecule has 0 spiro atoms. The maximum Gasteiger partial charge on any atom is 0.0366 e. The zero-order chi connectivity index (χ0) is 12.0. The van der Waals surface area contributed by atoms with Gasteiger partial charge in [0, 0.05) is 15.0 Å². The zero-order valence-electron chi connectivity index (χ0n) is 9.47. The summed E-state index contributed by atoms with van der Waals surface area (Å²) in [5, 5.41) is 3.53. The second-order valence-electron chi connectivity index (χ2n) is 3.70. The number of halogens is 2. The van der Waals surface area contributed by atoms with Crippen LogP contribution in [0.2, 0.25) is 0 Å². The molecule has 0 saturated heterocycles. The molecule has 0 saturated carbocycles. The molecule has 1 N–H and O–H groups in total. The lowest BCUT2D eigenvalue weighted by molar-refractivity contribution is 0.535. The van der Waals surface area contributed by atoms with Gasteiger partial charge in [-0.3, -0.25) is 0 Å². The van der Waals surface area contributed by atoms with E-state index in [0.29, 0.717) is 6.04 Å². The molecule has 1 aromatic rings. The van der Waals surface area contributed by atoms with Crippen molar-refractivity contribution >= 4 is 31.9 Å². The molecule has 1 unspecified atom stereocenters. The molecule has 3 heteroatoms. The number of rotatable bonds is 6. The molecule has 0 aliphatic carbocycles. The van der Waals surface area contributed by atoms with Gasteiger partial charge < -0.3 is 5.32 Å². The largest absolute Gasteiger partial charge is 0.310 e. The van der Waals surface area contributed by atoms with E-state index in [1.165, 1.54) is 5.56 Å². The maximum atomic E-state index is 3.82. The lowest BCUT2D eigenvalue weighted by Gasteiger charge is -2.19. The first kappa shape index (κ1) is 13.9. The summed E-state index contributed by atoms with van der Waals surface area (Å²) >= 11 is 7.11. The van der Waals surface area contributed by atoms with Crippen LogP contribution >= 0.6 is 31.9 Å². The summed E-state index contributed by atoms with van der Waals surface area (Å²) in [5.41, 5.74) is 1.28. The van der Waals surface area contributed by atoms with Gasteiger partial charge in [0.15, 0.2) is 0 Å². The summed E-state index contributed by atoms with van der Waals surface area (Å²) < 4.78 is 2.25. The highest BCUT2D eigenvalue weighted by atomic mass is 79.9. The summed E-state index contributed by atoms with van der Waals surface area (Å²) in [6.45, 7) is 7.02. The highest BCUT2D eigenvalue weighted by Crippen LogP contribution is 2.28. The number of hydrogen-bond acceptors (Lipinski definition) is 1. The van der Waals surface area contributed by atoms with E-state index in [9.17, 15) is 0 Å². The van der Waals surface area contributed by atoms with Gasteiger partial charge in [0.1, 0.15) is 0 Å². The zero-order valence-corrected chi connectivity index (χ0v) is 12.6. The first-order chi connectivity index (χ1) is 7.69. The van der Waals surface area contributed by atoms with Gasteiger partial charge in [0.2, 0.25) is 0 Å². The van der Waals surface area contributed by atoms with Gasteiger partial charge >= 0.3 is 0 Å². The van der Waals surface area contributed by atoms with Crippen molar-refractivity contribution in [3.05, 3.63) is 45.4 Å². The van der Waals surface area contributed by atoms with Crippen molar-refractivity contribution in [2.24, 2.45) is 0 Å². The summed E-state index contributed by atoms with van der Waals surface area (Å²) in [5.74, 6) is 0. The maximum absolute atomic E-state index is 3.82. The molecule has 1 atom stereocenters. The third kappa shape index (κ3) is 4.04. The molecule has 0 radical (unpaired) electrons. The molecule has 0 fully saturated rings. The molecule has 0 aromatic heterocycles. The lowest BCUT2D eigenvalue weighted by Crippen LogP contribution is -2.22. The predicted molar refractivity (Wildman–Crippen MR) is 77.7 cm³/mol. The van der Waals surface area contributed by atoms with Gasteiger partial charge in [-0.1, -0.05) is 44.9 Å². The molecular weight excluding hydrogens is 330 g/mol. The standard InChI is InChI=1S/C13H17Br2N/c1-3-5-13(16-8-4-2)11-9-10(14)6-7-12(11)15/h3,6-7,9,13,16H,1,4-5,8H2,2H3. The van der Waals surface area contributed by atoms with Crippen LogP contribution in [-0.4, -0.2) is 6.54 Å². The van der Waals surface area contributed by atoms with Gasteiger partial charge in [0.25, 0.3) is 0 Å². The van der Waals surface area contributed by atoms with Crippen LogP contribution in [0.5, 0.6) is 0 Å². The Hall–Kier alpha value is -0.120. The van der Waals surface area contributed by atoms with Crippen LogP contribution in [0.4, 0.5) is 0 Å². The van der Waals surface area contributed by atoms with Gasteiger partial charge in [0.05, 0.1) is 0 Å². The minimum Gasteiger partial charge on any atom is -0.310 e. The minimum atomic E-state index is 0.337. The smallest absolute Gasteiger partial charge is 0.0366 e. The average Bonchev–Trinajstić information content (AvgIpc) is 2.28. The van der Waals surface area contributed by atoms with Gasteiger partial charge in [-0.05, 0) is 43.1 Å². The van der Waals surface area contributed by atoms with Crippen molar-refractivity contribution in [1.82, 2.24) is 5.32 Å². The Morgan fingerprint density at radius 1 is 1.44 bits per heavy atom. The summed E-state index contributed by atoms with van der Waals surface area (Å²) in [6, 6.07) is 6.60. The fraction of sp³-hybridized carbons (Fsp3) is 0.385. The summed E-state index contributed by atoms with van der Waals surface area (Å²) in [6.07, 6.45) is 4.04. The SMILES string of the molecule is C=CCC(NCCC)c1cc(Br)ccc1Br. The van der Waals surface area contributed by atoms with Crippen LogP contribution in [0.3, 0.4) is 0 Å². The Morgan fingerprint density at radius 3 is 2.81 bits per heavy atom. The second kappa shape index (κ2) is 7.25. The van der Waals surface area contributed by atoms with Crippen molar-refractivity contribution in [3.63, 3.8) is 0 Å². The van der Waals surface area contributed by atoms with E-state index in [1.54, 1.807) is 0 Å². The average molecular weight is 347 g/mol. The second-order valence-corrected chi connectivity index (χ2v) is 5.47. The Bertz CT molecular complexity index is 350. The first-order valence-corrected chi connectivity index (χ1v) is 7.06. The van der Waals surface area contributed by atoms with Crippen LogP contribution in [0.25, 0.3) is 0 Å². The summed E-state index contributed by atoms with van der Waals surface area (Å²) in [4.78, 5) is 0. The van der Waals surface area contributed by atoms with Crippen molar-refractivity contribution in [3.8, 4) is 0 Å². The molecule has 0 aliphatic heterocycles. The number of hydrogen-bond donors (Lipinski definition) is 1.